The normalized spacial score (nSPS) is 9.92. The van der Waals surface area contributed by atoms with Crippen molar-refractivity contribution in [3.8, 4) is 5.75 Å². The number of aryl methyl sites for hydroxylation is 1. The van der Waals surface area contributed by atoms with Gasteiger partial charge in [-0.25, -0.2) is 0 Å². The Bertz CT molecular complexity index is 253. The molecule has 1 nitrogen and oxygen atoms in total. The van der Waals surface area contributed by atoms with Crippen LogP contribution in [0.2, 0.25) is 0 Å². The molecule has 0 saturated carbocycles. The highest BCUT2D eigenvalue weighted by Gasteiger charge is 2.00. The van der Waals surface area contributed by atoms with Crippen molar-refractivity contribution in [3.63, 3.8) is 0 Å². The van der Waals surface area contributed by atoms with Crippen LogP contribution in [-0.2, 0) is 6.42 Å². The smallest absolute Gasteiger partial charge is 0.122 e. The maximum atomic E-state index is 5.24. The molecule has 1 aromatic rings. The van der Waals surface area contributed by atoms with E-state index in [-0.39, 0.29) is 0 Å². The molecule has 1 aromatic carbocycles. The Balaban J connectivity index is 2.94. The lowest BCUT2D eigenvalue weighted by Crippen LogP contribution is -1.91. The van der Waals surface area contributed by atoms with E-state index in [2.05, 4.69) is 19.9 Å². The van der Waals surface area contributed by atoms with Gasteiger partial charge in [0.25, 0.3) is 0 Å². The first-order chi connectivity index (χ1) is 5.77. The largest absolute Gasteiger partial charge is 0.496 e. The van der Waals surface area contributed by atoms with Crippen LogP contribution in [0.5, 0.6) is 5.75 Å². The van der Waals surface area contributed by atoms with Gasteiger partial charge in [0, 0.05) is 0 Å². The zero-order chi connectivity index (χ0) is 8.97. The van der Waals surface area contributed by atoms with E-state index < -0.39 is 0 Å². The molecule has 0 saturated heterocycles. The summed E-state index contributed by atoms with van der Waals surface area (Å²) in [6.45, 7) is 6.01. The van der Waals surface area contributed by atoms with Gasteiger partial charge in [0.2, 0.25) is 0 Å². The third kappa shape index (κ3) is 2.00. The Morgan fingerprint density at radius 1 is 1.42 bits per heavy atom. The molecule has 0 aliphatic heterocycles. The molecule has 0 aliphatic carbocycles. The molecule has 0 aromatic heterocycles. The van der Waals surface area contributed by atoms with E-state index in [4.69, 9.17) is 4.74 Å². The molecule has 1 rings (SSSR count). The van der Waals surface area contributed by atoms with Crippen LogP contribution in [-0.4, -0.2) is 7.11 Å². The van der Waals surface area contributed by atoms with Gasteiger partial charge in [-0.3, -0.25) is 0 Å². The van der Waals surface area contributed by atoms with E-state index >= 15 is 0 Å². The lowest BCUT2D eigenvalue weighted by atomic mass is 10.1. The Hall–Kier alpha value is -0.980. The highest BCUT2D eigenvalue weighted by molar-refractivity contribution is 5.38. The van der Waals surface area contributed by atoms with Crippen molar-refractivity contribution in [2.45, 2.75) is 19.8 Å². The fourth-order valence-electron chi connectivity index (χ4n) is 1.26. The first-order valence-electron chi connectivity index (χ1n) is 4.26. The monoisotopic (exact) mass is 163 g/mol. The molecule has 0 bridgehead atoms. The molecule has 0 amide bonds. The first-order valence-corrected chi connectivity index (χ1v) is 4.26. The van der Waals surface area contributed by atoms with Crippen LogP contribution in [0.1, 0.15) is 24.5 Å². The van der Waals surface area contributed by atoms with Crippen LogP contribution in [0.4, 0.5) is 0 Å². The molecule has 0 fully saturated rings. The Kier molecular flexibility index (Phi) is 3.15. The average Bonchev–Trinajstić information content (AvgIpc) is 2.08. The van der Waals surface area contributed by atoms with E-state index in [1.807, 2.05) is 12.1 Å². The molecule has 65 valence electrons. The Labute approximate surface area is 74.4 Å². The van der Waals surface area contributed by atoms with Crippen LogP contribution in [0.15, 0.2) is 18.2 Å². The van der Waals surface area contributed by atoms with E-state index in [1.165, 1.54) is 5.56 Å². The minimum atomic E-state index is 0.962. The summed E-state index contributed by atoms with van der Waals surface area (Å²) < 4.78 is 5.24. The maximum absolute atomic E-state index is 5.24. The number of methoxy groups -OCH3 is 1. The van der Waals surface area contributed by atoms with E-state index in [0.29, 0.717) is 0 Å². The second-order valence-corrected chi connectivity index (χ2v) is 2.90. The molecule has 1 heteroatoms. The molecular formula is C11H15O. The molecular weight excluding hydrogens is 148 g/mol. The summed E-state index contributed by atoms with van der Waals surface area (Å²) in [5, 5.41) is 0. The topological polar surface area (TPSA) is 9.23 Å². The summed E-state index contributed by atoms with van der Waals surface area (Å²) in [5.41, 5.74) is 2.28. The zero-order valence-electron chi connectivity index (χ0n) is 7.76. The van der Waals surface area contributed by atoms with Crippen molar-refractivity contribution < 1.29 is 4.74 Å². The van der Waals surface area contributed by atoms with Crippen LogP contribution in [0, 0.1) is 6.92 Å². The van der Waals surface area contributed by atoms with Gasteiger partial charge in [0.15, 0.2) is 0 Å². The second-order valence-electron chi connectivity index (χ2n) is 2.90. The van der Waals surface area contributed by atoms with Gasteiger partial charge in [0.1, 0.15) is 5.75 Å². The van der Waals surface area contributed by atoms with E-state index in [0.717, 1.165) is 24.2 Å². The predicted molar refractivity (Wildman–Crippen MR) is 51.4 cm³/mol. The van der Waals surface area contributed by atoms with Crippen molar-refractivity contribution in [2.75, 3.05) is 7.11 Å². The SMILES string of the molecule is [CH2]c1ccc(CCC)c(OC)c1. The quantitative estimate of drug-likeness (QED) is 0.665. The lowest BCUT2D eigenvalue weighted by Gasteiger charge is -2.07. The number of rotatable bonds is 3. The van der Waals surface area contributed by atoms with Gasteiger partial charge < -0.3 is 4.74 Å². The van der Waals surface area contributed by atoms with Gasteiger partial charge in [-0.05, 0) is 30.5 Å². The number of hydrogen-bond acceptors (Lipinski definition) is 1. The summed E-state index contributed by atoms with van der Waals surface area (Å²) >= 11 is 0. The van der Waals surface area contributed by atoms with Crippen molar-refractivity contribution in [1.29, 1.82) is 0 Å². The maximum Gasteiger partial charge on any atom is 0.122 e. The van der Waals surface area contributed by atoms with Gasteiger partial charge in [-0.15, -0.1) is 0 Å². The molecule has 0 N–H and O–H groups in total. The predicted octanol–water partition coefficient (Wildman–Crippen LogP) is 2.83. The van der Waals surface area contributed by atoms with Crippen molar-refractivity contribution in [2.24, 2.45) is 0 Å². The van der Waals surface area contributed by atoms with Gasteiger partial charge >= 0.3 is 0 Å². The van der Waals surface area contributed by atoms with Crippen LogP contribution in [0.25, 0.3) is 0 Å². The van der Waals surface area contributed by atoms with E-state index in [1.54, 1.807) is 7.11 Å². The minimum Gasteiger partial charge on any atom is -0.496 e. The minimum absolute atomic E-state index is 0.962. The summed E-state index contributed by atoms with van der Waals surface area (Å²) in [5.74, 6) is 0.962. The third-order valence-corrected chi connectivity index (χ3v) is 1.87. The second kappa shape index (κ2) is 4.15. The average molecular weight is 163 g/mol. The first kappa shape index (κ1) is 9.11. The molecule has 0 spiro atoms. The Morgan fingerprint density at radius 2 is 2.17 bits per heavy atom. The summed E-state index contributed by atoms with van der Waals surface area (Å²) in [6, 6.07) is 6.09. The standard InChI is InChI=1S/C11H15O/c1-4-5-10-7-6-9(2)8-11(10)12-3/h6-8H,2,4-5H2,1,3H3. The zero-order valence-corrected chi connectivity index (χ0v) is 7.76. The molecule has 12 heavy (non-hydrogen) atoms. The third-order valence-electron chi connectivity index (χ3n) is 1.87. The number of ether oxygens (including phenoxy) is 1. The van der Waals surface area contributed by atoms with Gasteiger partial charge in [-0.1, -0.05) is 25.5 Å². The van der Waals surface area contributed by atoms with Crippen LogP contribution in [0.3, 0.4) is 0 Å². The molecule has 0 heterocycles. The highest BCUT2D eigenvalue weighted by atomic mass is 16.5. The summed E-state index contributed by atoms with van der Waals surface area (Å²) in [7, 11) is 1.70. The van der Waals surface area contributed by atoms with E-state index in [9.17, 15) is 0 Å². The lowest BCUT2D eigenvalue weighted by molar-refractivity contribution is 0.409. The van der Waals surface area contributed by atoms with Crippen molar-refractivity contribution in [1.82, 2.24) is 0 Å². The van der Waals surface area contributed by atoms with Gasteiger partial charge in [0.05, 0.1) is 7.11 Å². The molecule has 0 atom stereocenters. The van der Waals surface area contributed by atoms with Crippen molar-refractivity contribution in [3.05, 3.63) is 36.2 Å². The summed E-state index contributed by atoms with van der Waals surface area (Å²) in [6.07, 6.45) is 2.22. The summed E-state index contributed by atoms with van der Waals surface area (Å²) in [4.78, 5) is 0. The van der Waals surface area contributed by atoms with Crippen LogP contribution < -0.4 is 4.74 Å². The molecule has 0 unspecified atom stereocenters. The highest BCUT2D eigenvalue weighted by Crippen LogP contribution is 2.20. The Morgan fingerprint density at radius 3 is 2.75 bits per heavy atom. The fraction of sp³-hybridized carbons (Fsp3) is 0.364. The van der Waals surface area contributed by atoms with Crippen LogP contribution >= 0.6 is 0 Å². The number of benzene rings is 1. The molecule has 1 radical (unpaired) electrons. The van der Waals surface area contributed by atoms with Gasteiger partial charge in [-0.2, -0.15) is 0 Å². The van der Waals surface area contributed by atoms with Crippen molar-refractivity contribution >= 4 is 0 Å². The fourth-order valence-corrected chi connectivity index (χ4v) is 1.26. The molecule has 0 aliphatic rings. The number of hydrogen-bond donors (Lipinski definition) is 0.